The van der Waals surface area contributed by atoms with Gasteiger partial charge in [-0.2, -0.15) is 9.97 Å². The lowest BCUT2D eigenvalue weighted by Crippen LogP contribution is -2.46. The third kappa shape index (κ3) is 12.6. The molecule has 4 aromatic rings. The molecule has 4 rings (SSSR count). The number of benzene rings is 2. The van der Waals surface area contributed by atoms with Gasteiger partial charge in [0.2, 0.25) is 13.4 Å². The second kappa shape index (κ2) is 19.8. The van der Waals surface area contributed by atoms with Crippen molar-refractivity contribution in [2.45, 2.75) is 59.2 Å². The van der Waals surface area contributed by atoms with Gasteiger partial charge in [0, 0.05) is 13.1 Å². The topological polar surface area (TPSA) is 185 Å². The molecule has 2 aromatic heterocycles. The van der Waals surface area contributed by atoms with Gasteiger partial charge in [0.25, 0.3) is 0 Å². The Morgan fingerprint density at radius 3 is 1.92 bits per heavy atom. The van der Waals surface area contributed by atoms with Gasteiger partial charge in [0.1, 0.15) is 18.4 Å². The first kappa shape index (κ1) is 40.2. The van der Waals surface area contributed by atoms with Crippen molar-refractivity contribution in [2.75, 3.05) is 43.8 Å². The van der Waals surface area contributed by atoms with Crippen LogP contribution in [-0.2, 0) is 47.8 Å². The van der Waals surface area contributed by atoms with Crippen LogP contribution in [0.25, 0.3) is 11.2 Å². The molecular weight excluding hydrogens is 683 g/mol. The van der Waals surface area contributed by atoms with Gasteiger partial charge < -0.3 is 29.8 Å². The number of rotatable bonds is 22. The third-order valence-corrected chi connectivity index (χ3v) is 9.63. The minimum atomic E-state index is -3.90. The molecule has 0 aliphatic rings. The number of carbonyl (C=O) groups excluding carboxylic acids is 2. The summed E-state index contributed by atoms with van der Waals surface area (Å²) in [5.74, 6) is -0.400. The SMILES string of the molecule is C=CCNc1nc(N)nc2c1ncn2CCOCP(=O)(NC(Cc1ccccc1)C(=O)OCC(C)C)NC(Cc1ccccc1)C(=O)OCC(C)C. The number of carbonyl (C=O) groups is 2. The van der Waals surface area contributed by atoms with Crippen LogP contribution in [0, 0.1) is 11.8 Å². The summed E-state index contributed by atoms with van der Waals surface area (Å²) in [6.45, 7) is 12.7. The first-order valence-electron chi connectivity index (χ1n) is 17.4. The zero-order chi connectivity index (χ0) is 37.5. The quantitative estimate of drug-likeness (QED) is 0.0368. The van der Waals surface area contributed by atoms with E-state index < -0.39 is 31.5 Å². The smallest absolute Gasteiger partial charge is 0.323 e. The number of nitrogen functional groups attached to an aromatic ring is 1. The van der Waals surface area contributed by atoms with Crippen LogP contribution in [0.15, 0.2) is 79.6 Å². The fourth-order valence-corrected chi connectivity index (χ4v) is 7.16. The molecule has 0 bridgehead atoms. The standard InChI is InChI=1S/C37H51N8O6P/c1-6-17-39-33-32-34(42-37(38)41-33)45(24-40-32)18-19-49-25-52(48,43-30(35(46)50-22-26(2)3)20-28-13-9-7-10-14-28)44-31(36(47)51-23-27(4)5)21-29-15-11-8-12-16-29/h6-16,24,26-27,30-31H,1,17-23,25H2,2-5H3,(H2,43,44,48)(H3,38,39,41,42). The highest BCUT2D eigenvalue weighted by Gasteiger charge is 2.36. The van der Waals surface area contributed by atoms with Crippen molar-refractivity contribution in [2.24, 2.45) is 11.8 Å². The molecule has 2 atom stereocenters. The van der Waals surface area contributed by atoms with Crippen molar-refractivity contribution < 1.29 is 28.4 Å². The summed E-state index contributed by atoms with van der Waals surface area (Å²) in [6, 6.07) is 16.7. The average Bonchev–Trinajstić information content (AvgIpc) is 3.53. The Bertz CT molecular complexity index is 1710. The number of nitrogens with zero attached hydrogens (tertiary/aromatic N) is 4. The van der Waals surface area contributed by atoms with Crippen LogP contribution in [0.2, 0.25) is 0 Å². The fourth-order valence-electron chi connectivity index (χ4n) is 5.15. The van der Waals surface area contributed by atoms with E-state index in [2.05, 4.69) is 37.0 Å². The first-order valence-corrected chi connectivity index (χ1v) is 19.3. The van der Waals surface area contributed by atoms with E-state index in [1.165, 1.54) is 0 Å². The van der Waals surface area contributed by atoms with Crippen LogP contribution in [0.3, 0.4) is 0 Å². The van der Waals surface area contributed by atoms with E-state index in [9.17, 15) is 9.59 Å². The highest BCUT2D eigenvalue weighted by Crippen LogP contribution is 2.39. The Hall–Kier alpha value is -4.62. The average molecular weight is 735 g/mol. The van der Waals surface area contributed by atoms with Crippen molar-refractivity contribution in [3.05, 3.63) is 90.8 Å². The highest BCUT2D eigenvalue weighted by atomic mass is 31.2. The molecule has 2 heterocycles. The lowest BCUT2D eigenvalue weighted by atomic mass is 10.1. The molecule has 0 aliphatic carbocycles. The van der Waals surface area contributed by atoms with Gasteiger partial charge in [-0.05, 0) is 35.8 Å². The van der Waals surface area contributed by atoms with Gasteiger partial charge in [-0.1, -0.05) is 94.4 Å². The molecule has 5 N–H and O–H groups in total. The number of nitrogens with one attached hydrogen (secondary N) is 3. The van der Waals surface area contributed by atoms with Gasteiger partial charge in [-0.3, -0.25) is 14.2 Å². The van der Waals surface area contributed by atoms with E-state index in [0.717, 1.165) is 11.1 Å². The molecule has 52 heavy (non-hydrogen) atoms. The van der Waals surface area contributed by atoms with Crippen LogP contribution in [0.1, 0.15) is 38.8 Å². The maximum Gasteiger partial charge on any atom is 0.323 e. The molecule has 0 radical (unpaired) electrons. The van der Waals surface area contributed by atoms with E-state index in [1.807, 2.05) is 88.4 Å². The van der Waals surface area contributed by atoms with Gasteiger partial charge in [-0.25, -0.2) is 15.2 Å². The lowest BCUT2D eigenvalue weighted by molar-refractivity contribution is -0.147. The van der Waals surface area contributed by atoms with Crippen LogP contribution in [0.4, 0.5) is 11.8 Å². The van der Waals surface area contributed by atoms with E-state index >= 15 is 4.57 Å². The van der Waals surface area contributed by atoms with Crippen molar-refractivity contribution in [1.29, 1.82) is 0 Å². The predicted molar refractivity (Wildman–Crippen MR) is 203 cm³/mol. The Kier molecular flexibility index (Phi) is 15.3. The summed E-state index contributed by atoms with van der Waals surface area (Å²) >= 11 is 0. The van der Waals surface area contributed by atoms with E-state index in [1.54, 1.807) is 17.0 Å². The Labute approximate surface area is 305 Å². The monoisotopic (exact) mass is 734 g/mol. The minimum Gasteiger partial charge on any atom is -0.464 e. The van der Waals surface area contributed by atoms with Gasteiger partial charge in [0.05, 0.1) is 26.1 Å². The number of hydrogen-bond acceptors (Lipinski definition) is 11. The summed E-state index contributed by atoms with van der Waals surface area (Å²) in [5, 5.41) is 9.23. The minimum absolute atomic E-state index is 0.0715. The highest BCUT2D eigenvalue weighted by molar-refractivity contribution is 7.59. The van der Waals surface area contributed by atoms with E-state index in [4.69, 9.17) is 19.9 Å². The molecule has 2 aromatic carbocycles. The molecule has 15 heteroatoms. The molecule has 0 amide bonds. The summed E-state index contributed by atoms with van der Waals surface area (Å²) in [7, 11) is -3.90. The molecule has 0 saturated heterocycles. The molecule has 0 aliphatic heterocycles. The molecule has 0 spiro atoms. The first-order chi connectivity index (χ1) is 25.0. The number of hydrogen-bond donors (Lipinski definition) is 4. The number of nitrogens with two attached hydrogens (primary N) is 1. The molecular formula is C37H51N8O6P. The van der Waals surface area contributed by atoms with E-state index in [0.29, 0.717) is 23.5 Å². The number of imidazole rings is 1. The van der Waals surface area contributed by atoms with Crippen LogP contribution < -0.4 is 21.2 Å². The van der Waals surface area contributed by atoms with Crippen molar-refractivity contribution >= 4 is 42.3 Å². The lowest BCUT2D eigenvalue weighted by Gasteiger charge is -2.29. The van der Waals surface area contributed by atoms with Crippen LogP contribution in [-0.4, -0.2) is 76.3 Å². The summed E-state index contributed by atoms with van der Waals surface area (Å²) in [5.41, 5.74) is 8.66. The van der Waals surface area contributed by atoms with Crippen LogP contribution >= 0.6 is 7.44 Å². The third-order valence-electron chi connectivity index (χ3n) is 7.63. The maximum absolute atomic E-state index is 15.0. The number of ether oxygens (including phenoxy) is 3. The molecule has 280 valence electrons. The normalized spacial score (nSPS) is 13.8. The molecule has 14 nitrogen and oxygen atoms in total. The fraction of sp³-hybridized carbons (Fsp3) is 0.432. The van der Waals surface area contributed by atoms with Gasteiger partial charge >= 0.3 is 11.9 Å². The van der Waals surface area contributed by atoms with Crippen molar-refractivity contribution in [3.8, 4) is 0 Å². The Morgan fingerprint density at radius 1 is 0.885 bits per heavy atom. The van der Waals surface area contributed by atoms with Crippen LogP contribution in [0.5, 0.6) is 0 Å². The predicted octanol–water partition coefficient (Wildman–Crippen LogP) is 4.97. The maximum atomic E-state index is 15.0. The molecule has 0 saturated carbocycles. The van der Waals surface area contributed by atoms with Gasteiger partial charge in [-0.15, -0.1) is 6.58 Å². The second-order valence-electron chi connectivity index (χ2n) is 13.3. The summed E-state index contributed by atoms with van der Waals surface area (Å²) in [4.78, 5) is 40.1. The van der Waals surface area contributed by atoms with E-state index in [-0.39, 0.29) is 63.3 Å². The largest absolute Gasteiger partial charge is 0.464 e. The summed E-state index contributed by atoms with van der Waals surface area (Å²) < 4.78 is 34.1. The van der Waals surface area contributed by atoms with Crippen molar-refractivity contribution in [3.63, 3.8) is 0 Å². The zero-order valence-corrected chi connectivity index (χ0v) is 31.3. The Morgan fingerprint density at radius 2 is 1.42 bits per heavy atom. The molecule has 2 unspecified atom stereocenters. The zero-order valence-electron chi connectivity index (χ0n) is 30.4. The Balaban J connectivity index is 1.60. The molecule has 0 fully saturated rings. The number of anilines is 2. The number of fused-ring (bicyclic) bond motifs is 1. The van der Waals surface area contributed by atoms with Gasteiger partial charge in [0.15, 0.2) is 17.0 Å². The summed E-state index contributed by atoms with van der Waals surface area (Å²) in [6.07, 6.45) is 3.30. The van der Waals surface area contributed by atoms with Crippen molar-refractivity contribution in [1.82, 2.24) is 29.7 Å². The second-order valence-corrected chi connectivity index (χ2v) is 15.5. The number of esters is 2. The number of aromatic nitrogens is 4.